The van der Waals surface area contributed by atoms with Gasteiger partial charge < -0.3 is 9.94 Å². The van der Waals surface area contributed by atoms with Crippen molar-refractivity contribution in [1.29, 1.82) is 0 Å². The quantitative estimate of drug-likeness (QED) is 0.373. The number of para-hydroxylation sites is 1. The molecule has 242 valence electrons. The first-order chi connectivity index (χ1) is 20.5. The molecule has 0 radical (unpaired) electrons. The van der Waals surface area contributed by atoms with Crippen LogP contribution in [-0.2, 0) is 4.79 Å². The minimum Gasteiger partial charge on any atom is -0.378 e. The van der Waals surface area contributed by atoms with Crippen LogP contribution >= 0.6 is 0 Å². The van der Waals surface area contributed by atoms with Gasteiger partial charge in [-0.05, 0) is 140 Å². The molecule has 4 nitrogen and oxygen atoms in total. The monoisotopic (exact) mass is 601 g/mol. The molecular weight excluding hydrogens is 542 g/mol. The number of nitrogens with zero attached hydrogens (tertiary/aromatic N) is 1. The standard InChI is InChI=1S/C40H59NO3/c1-25-16-18-36(6)21-22-37(7)29(33(36)27(25)3)14-15-32-38(37,8)19-17-31-35(4,5)20-23-40(43,39(31,32)9)34(42)44-41-24-26(2)28-12-10-11-13-30(28)41/h10-13,24-25,27,29,31-33,43H,14-23H2,1-9H3/t25-,27+,29-,31+,32+,33+,36-,37-,38-,39+,40?/m1/s1. The summed E-state index contributed by atoms with van der Waals surface area (Å²) in [6.07, 6.45) is 13.2. The number of rotatable bonds is 2. The van der Waals surface area contributed by atoms with E-state index in [1.165, 1.54) is 38.5 Å². The number of aromatic nitrogens is 1. The fraction of sp³-hybridized carbons (Fsp3) is 0.775. The van der Waals surface area contributed by atoms with Crippen molar-refractivity contribution in [2.24, 2.45) is 62.6 Å². The number of hydrogen-bond acceptors (Lipinski definition) is 3. The molecule has 5 aliphatic rings. The lowest BCUT2D eigenvalue weighted by Gasteiger charge is -2.75. The van der Waals surface area contributed by atoms with Crippen LogP contribution in [0, 0.1) is 69.5 Å². The van der Waals surface area contributed by atoms with Crippen LogP contribution in [0.25, 0.3) is 10.9 Å². The van der Waals surface area contributed by atoms with Gasteiger partial charge in [0.15, 0.2) is 5.60 Å². The van der Waals surface area contributed by atoms with E-state index < -0.39 is 17.0 Å². The normalized spacial score (nSPS) is 48.0. The first-order valence-corrected chi connectivity index (χ1v) is 18.1. The minimum absolute atomic E-state index is 0.0650. The van der Waals surface area contributed by atoms with Crippen LogP contribution in [0.5, 0.6) is 0 Å². The van der Waals surface area contributed by atoms with Crippen molar-refractivity contribution in [2.45, 2.75) is 132 Å². The summed E-state index contributed by atoms with van der Waals surface area (Å²) < 4.78 is 1.62. The molecule has 11 atom stereocenters. The van der Waals surface area contributed by atoms with Crippen LogP contribution in [0.2, 0.25) is 0 Å². The summed E-state index contributed by atoms with van der Waals surface area (Å²) in [5, 5.41) is 14.1. The number of hydrogen-bond donors (Lipinski definition) is 1. The maximum atomic E-state index is 14.6. The first kappa shape index (κ1) is 30.8. The molecule has 44 heavy (non-hydrogen) atoms. The van der Waals surface area contributed by atoms with E-state index in [1.54, 1.807) is 4.73 Å². The lowest BCUT2D eigenvalue weighted by atomic mass is 9.30. The highest BCUT2D eigenvalue weighted by Crippen LogP contribution is 2.78. The molecule has 0 aliphatic heterocycles. The van der Waals surface area contributed by atoms with Crippen LogP contribution in [0.4, 0.5) is 0 Å². The number of fused-ring (bicyclic) bond motifs is 8. The predicted molar refractivity (Wildman–Crippen MR) is 178 cm³/mol. The zero-order chi connectivity index (χ0) is 31.7. The first-order valence-electron chi connectivity index (χ1n) is 18.1. The van der Waals surface area contributed by atoms with Gasteiger partial charge >= 0.3 is 5.97 Å². The van der Waals surface area contributed by atoms with Gasteiger partial charge in [0.1, 0.15) is 0 Å². The summed E-state index contributed by atoms with van der Waals surface area (Å²) in [4.78, 5) is 20.8. The molecule has 5 aliphatic carbocycles. The van der Waals surface area contributed by atoms with E-state index in [0.717, 1.165) is 53.5 Å². The van der Waals surface area contributed by atoms with E-state index in [-0.39, 0.29) is 28.1 Å². The summed E-state index contributed by atoms with van der Waals surface area (Å²) in [6, 6.07) is 8.07. The largest absolute Gasteiger partial charge is 0.378 e. The Morgan fingerprint density at radius 2 is 1.57 bits per heavy atom. The van der Waals surface area contributed by atoms with E-state index in [4.69, 9.17) is 4.84 Å². The summed E-state index contributed by atoms with van der Waals surface area (Å²) in [5.74, 6) is 3.12. The minimum atomic E-state index is -1.53. The Bertz CT molecular complexity index is 1470. The molecule has 4 heteroatoms. The molecule has 0 bridgehead atoms. The number of benzene rings is 1. The third-order valence-corrected chi connectivity index (χ3v) is 16.5. The number of carbonyl (C=O) groups is 1. The molecular formula is C40H59NO3. The van der Waals surface area contributed by atoms with Gasteiger partial charge in [0.2, 0.25) is 0 Å². The van der Waals surface area contributed by atoms with Crippen LogP contribution in [0.15, 0.2) is 30.5 Å². The van der Waals surface area contributed by atoms with Gasteiger partial charge in [0.25, 0.3) is 0 Å². The molecule has 1 heterocycles. The summed E-state index contributed by atoms with van der Waals surface area (Å²) in [5.41, 5.74) is 0.657. The van der Waals surface area contributed by atoms with Crippen molar-refractivity contribution < 1.29 is 14.7 Å². The lowest BCUT2D eigenvalue weighted by molar-refractivity contribution is -0.291. The third-order valence-electron chi connectivity index (χ3n) is 16.5. The molecule has 5 fully saturated rings. The van der Waals surface area contributed by atoms with Crippen LogP contribution in [0.1, 0.15) is 125 Å². The average molecular weight is 602 g/mol. The van der Waals surface area contributed by atoms with Gasteiger partial charge in [-0.25, -0.2) is 4.79 Å². The van der Waals surface area contributed by atoms with Crippen molar-refractivity contribution >= 4 is 16.9 Å². The highest BCUT2D eigenvalue weighted by Gasteiger charge is 2.75. The van der Waals surface area contributed by atoms with Crippen LogP contribution in [-0.4, -0.2) is 21.4 Å². The van der Waals surface area contributed by atoms with Gasteiger partial charge in [0.05, 0.1) is 5.52 Å². The zero-order valence-corrected chi connectivity index (χ0v) is 29.1. The Kier molecular flexibility index (Phi) is 6.73. The highest BCUT2D eigenvalue weighted by atomic mass is 16.7. The molecule has 2 aromatic rings. The van der Waals surface area contributed by atoms with Gasteiger partial charge in [-0.15, -0.1) is 0 Å². The van der Waals surface area contributed by atoms with Gasteiger partial charge in [0, 0.05) is 17.0 Å². The van der Waals surface area contributed by atoms with Crippen LogP contribution in [0.3, 0.4) is 0 Å². The highest BCUT2D eigenvalue weighted by molar-refractivity contribution is 5.86. The summed E-state index contributed by atoms with van der Waals surface area (Å²) >= 11 is 0. The maximum Gasteiger partial charge on any atom is 0.364 e. The van der Waals surface area contributed by atoms with E-state index in [1.807, 2.05) is 24.4 Å². The molecule has 7 rings (SSSR count). The topological polar surface area (TPSA) is 51.5 Å². The number of aryl methyl sites for hydroxylation is 1. The molecule has 1 aromatic carbocycles. The molecule has 0 saturated heterocycles. The maximum absolute atomic E-state index is 14.6. The average Bonchev–Trinajstić information content (AvgIpc) is 3.29. The second-order valence-electron chi connectivity index (χ2n) is 18.4. The number of aliphatic hydroxyl groups is 1. The molecule has 0 spiro atoms. The smallest absolute Gasteiger partial charge is 0.364 e. The van der Waals surface area contributed by atoms with Crippen LogP contribution < -0.4 is 4.84 Å². The predicted octanol–water partition coefficient (Wildman–Crippen LogP) is 9.39. The van der Waals surface area contributed by atoms with Crippen molar-refractivity contribution in [3.63, 3.8) is 0 Å². The Morgan fingerprint density at radius 1 is 0.841 bits per heavy atom. The molecule has 1 unspecified atom stereocenters. The van der Waals surface area contributed by atoms with Crippen molar-refractivity contribution in [2.75, 3.05) is 0 Å². The summed E-state index contributed by atoms with van der Waals surface area (Å²) in [6.45, 7) is 22.1. The lowest BCUT2D eigenvalue weighted by Crippen LogP contribution is -2.73. The SMILES string of the molecule is Cc1cn(OC(=O)C2(O)CCC(C)(C)[C@@H]3CC[C@]4(C)[C@H](CC[C@@H]5[C@@H]6[C@@H](C)[C@H](C)CC[C@]6(C)CC[C@]54C)[C@]32C)c2ccccc12. The second kappa shape index (κ2) is 9.61. The Labute approximate surface area is 266 Å². The van der Waals surface area contributed by atoms with Crippen molar-refractivity contribution in [3.8, 4) is 0 Å². The van der Waals surface area contributed by atoms with Gasteiger partial charge in [-0.3, -0.25) is 0 Å². The molecule has 0 amide bonds. The van der Waals surface area contributed by atoms with E-state index >= 15 is 0 Å². The summed E-state index contributed by atoms with van der Waals surface area (Å²) in [7, 11) is 0. The molecule has 5 saturated carbocycles. The van der Waals surface area contributed by atoms with Crippen molar-refractivity contribution in [1.82, 2.24) is 4.73 Å². The zero-order valence-electron chi connectivity index (χ0n) is 29.1. The Hall–Kier alpha value is -1.81. The molecule has 1 aromatic heterocycles. The third kappa shape index (κ3) is 3.76. The van der Waals surface area contributed by atoms with E-state index in [0.29, 0.717) is 17.8 Å². The van der Waals surface area contributed by atoms with Gasteiger partial charge in [-0.2, -0.15) is 4.73 Å². The Balaban J connectivity index is 1.30. The van der Waals surface area contributed by atoms with E-state index in [9.17, 15) is 9.90 Å². The number of carbonyl (C=O) groups excluding carboxylic acids is 1. The second-order valence-corrected chi connectivity index (χ2v) is 18.4. The van der Waals surface area contributed by atoms with Crippen molar-refractivity contribution in [3.05, 3.63) is 36.0 Å². The fourth-order valence-corrected chi connectivity index (χ4v) is 13.5. The van der Waals surface area contributed by atoms with E-state index in [2.05, 4.69) is 68.4 Å². The fourth-order valence-electron chi connectivity index (χ4n) is 13.5. The molecule has 1 N–H and O–H groups in total. The van der Waals surface area contributed by atoms with Gasteiger partial charge in [-0.1, -0.05) is 73.6 Å². The Morgan fingerprint density at radius 3 is 2.32 bits per heavy atom.